The average Bonchev–Trinajstić information content (AvgIpc) is 3.59. The molecule has 2 aromatic rings. The molecular weight excluding hydrogens is 387 g/mol. The summed E-state index contributed by atoms with van der Waals surface area (Å²) < 4.78 is 23.6. The number of carbonyl (C=O) groups is 2. The molecule has 1 saturated carbocycles. The van der Waals surface area contributed by atoms with Crippen molar-refractivity contribution in [1.29, 1.82) is 0 Å². The van der Waals surface area contributed by atoms with E-state index in [-0.39, 0.29) is 29.5 Å². The molecule has 1 heterocycles. The highest BCUT2D eigenvalue weighted by Crippen LogP contribution is 2.48. The van der Waals surface area contributed by atoms with Crippen LogP contribution in [0.15, 0.2) is 42.5 Å². The van der Waals surface area contributed by atoms with Crippen molar-refractivity contribution in [2.24, 2.45) is 5.92 Å². The van der Waals surface area contributed by atoms with Crippen LogP contribution in [0.5, 0.6) is 11.5 Å². The summed E-state index contributed by atoms with van der Waals surface area (Å²) >= 11 is 0. The van der Waals surface area contributed by atoms with E-state index in [1.807, 2.05) is 4.90 Å². The Labute approximate surface area is 175 Å². The number of methoxy groups -OCH3 is 2. The lowest BCUT2D eigenvalue weighted by Gasteiger charge is -2.35. The molecule has 2 atom stereocenters. The molecule has 30 heavy (non-hydrogen) atoms. The number of carbonyl (C=O) groups excluding carboxylic acids is 2. The van der Waals surface area contributed by atoms with Crippen molar-refractivity contribution < 1.29 is 23.5 Å². The quantitative estimate of drug-likeness (QED) is 0.758. The van der Waals surface area contributed by atoms with Gasteiger partial charge in [0.25, 0.3) is 5.91 Å². The predicted molar refractivity (Wildman–Crippen MR) is 109 cm³/mol. The first-order valence-electron chi connectivity index (χ1n) is 10.1. The predicted octanol–water partition coefficient (Wildman–Crippen LogP) is 2.93. The van der Waals surface area contributed by atoms with Gasteiger partial charge in [-0.2, -0.15) is 0 Å². The second-order valence-corrected chi connectivity index (χ2v) is 7.69. The number of ether oxygens (including phenoxy) is 2. The Hall–Kier alpha value is -3.09. The fourth-order valence-corrected chi connectivity index (χ4v) is 4.06. The van der Waals surface area contributed by atoms with Gasteiger partial charge >= 0.3 is 0 Å². The maximum Gasteiger partial charge on any atom is 0.254 e. The van der Waals surface area contributed by atoms with Crippen LogP contribution in [0.4, 0.5) is 4.39 Å². The number of amides is 2. The molecule has 0 bridgehead atoms. The summed E-state index contributed by atoms with van der Waals surface area (Å²) in [4.78, 5) is 29.3. The van der Waals surface area contributed by atoms with Crippen LogP contribution in [0, 0.1) is 11.7 Å². The molecule has 0 spiro atoms. The van der Waals surface area contributed by atoms with E-state index >= 15 is 0 Å². The number of hydrogen-bond donors (Lipinski definition) is 0. The second kappa shape index (κ2) is 8.34. The Balaban J connectivity index is 1.33. The van der Waals surface area contributed by atoms with Crippen molar-refractivity contribution in [3.63, 3.8) is 0 Å². The molecule has 2 unspecified atom stereocenters. The highest BCUT2D eigenvalue weighted by Gasteiger charge is 2.46. The number of piperazine rings is 1. The van der Waals surface area contributed by atoms with E-state index in [4.69, 9.17) is 9.47 Å². The van der Waals surface area contributed by atoms with Crippen LogP contribution in [-0.4, -0.2) is 62.0 Å². The zero-order valence-electron chi connectivity index (χ0n) is 17.1. The molecule has 0 radical (unpaired) electrons. The Bertz CT molecular complexity index is 939. The zero-order valence-corrected chi connectivity index (χ0v) is 17.1. The summed E-state index contributed by atoms with van der Waals surface area (Å²) in [6.45, 7) is 2.02. The number of halogens is 1. The maximum atomic E-state index is 13.1. The third-order valence-corrected chi connectivity index (χ3v) is 5.91. The maximum absolute atomic E-state index is 13.1. The number of hydrogen-bond acceptors (Lipinski definition) is 4. The molecule has 1 aliphatic heterocycles. The van der Waals surface area contributed by atoms with Gasteiger partial charge in [0.05, 0.1) is 14.2 Å². The van der Waals surface area contributed by atoms with Crippen molar-refractivity contribution in [2.45, 2.75) is 12.3 Å². The van der Waals surface area contributed by atoms with E-state index in [9.17, 15) is 14.0 Å². The van der Waals surface area contributed by atoms with Crippen LogP contribution in [0.2, 0.25) is 0 Å². The van der Waals surface area contributed by atoms with Crippen molar-refractivity contribution >= 4 is 11.8 Å². The summed E-state index contributed by atoms with van der Waals surface area (Å²) in [5.74, 6) is 0.995. The molecule has 2 aliphatic rings. The highest BCUT2D eigenvalue weighted by molar-refractivity contribution is 5.95. The van der Waals surface area contributed by atoms with Crippen LogP contribution in [0.1, 0.15) is 28.3 Å². The molecule has 4 rings (SSSR count). The van der Waals surface area contributed by atoms with Crippen LogP contribution >= 0.6 is 0 Å². The summed E-state index contributed by atoms with van der Waals surface area (Å²) in [6.07, 6.45) is 0.801. The van der Waals surface area contributed by atoms with Gasteiger partial charge in [-0.15, -0.1) is 0 Å². The van der Waals surface area contributed by atoms with Crippen LogP contribution < -0.4 is 9.47 Å². The Kier molecular flexibility index (Phi) is 5.61. The first-order valence-corrected chi connectivity index (χ1v) is 10.1. The highest BCUT2D eigenvalue weighted by atomic mass is 19.1. The molecule has 6 nitrogen and oxygen atoms in total. The van der Waals surface area contributed by atoms with Gasteiger partial charge in [-0.3, -0.25) is 9.59 Å². The number of rotatable bonds is 5. The lowest BCUT2D eigenvalue weighted by Crippen LogP contribution is -2.51. The molecule has 1 aliphatic carbocycles. The smallest absolute Gasteiger partial charge is 0.254 e. The van der Waals surface area contributed by atoms with Gasteiger partial charge in [-0.25, -0.2) is 4.39 Å². The zero-order chi connectivity index (χ0) is 21.3. The Morgan fingerprint density at radius 3 is 2.17 bits per heavy atom. The van der Waals surface area contributed by atoms with Crippen LogP contribution in [0.3, 0.4) is 0 Å². The summed E-state index contributed by atoms with van der Waals surface area (Å²) in [7, 11) is 3.09. The molecule has 1 saturated heterocycles. The van der Waals surface area contributed by atoms with Gasteiger partial charge in [0.15, 0.2) is 11.5 Å². The summed E-state index contributed by atoms with van der Waals surface area (Å²) in [5.41, 5.74) is 1.54. The largest absolute Gasteiger partial charge is 0.493 e. The first-order chi connectivity index (χ1) is 14.5. The van der Waals surface area contributed by atoms with Gasteiger partial charge in [0.2, 0.25) is 5.91 Å². The Morgan fingerprint density at radius 2 is 1.53 bits per heavy atom. The lowest BCUT2D eigenvalue weighted by molar-refractivity contribution is -0.134. The monoisotopic (exact) mass is 412 g/mol. The minimum atomic E-state index is -0.266. The van der Waals surface area contributed by atoms with Gasteiger partial charge in [0.1, 0.15) is 5.82 Å². The molecule has 0 aromatic heterocycles. The average molecular weight is 412 g/mol. The third kappa shape index (κ3) is 3.97. The van der Waals surface area contributed by atoms with Gasteiger partial charge in [-0.1, -0.05) is 12.1 Å². The summed E-state index contributed by atoms with van der Waals surface area (Å²) in [6, 6.07) is 11.5. The fraction of sp³-hybridized carbons (Fsp3) is 0.391. The van der Waals surface area contributed by atoms with E-state index in [0.717, 1.165) is 12.0 Å². The summed E-state index contributed by atoms with van der Waals surface area (Å²) in [5, 5.41) is 0. The third-order valence-electron chi connectivity index (χ3n) is 5.91. The van der Waals surface area contributed by atoms with Crippen molar-refractivity contribution in [1.82, 2.24) is 9.80 Å². The first kappa shape index (κ1) is 20.2. The van der Waals surface area contributed by atoms with Gasteiger partial charge < -0.3 is 19.3 Å². The molecular formula is C23H25FN2O4. The van der Waals surface area contributed by atoms with Crippen molar-refractivity contribution in [2.75, 3.05) is 40.4 Å². The molecule has 2 aromatic carbocycles. The van der Waals surface area contributed by atoms with E-state index in [0.29, 0.717) is 43.2 Å². The Morgan fingerprint density at radius 1 is 0.900 bits per heavy atom. The SMILES string of the molecule is COc1ccc(C(=O)N2CCN(C(=O)C3CC3c3ccc(F)cc3)CC2)cc1OC. The molecule has 2 amide bonds. The standard InChI is InChI=1S/C23H25FN2O4/c1-29-20-8-5-16(13-21(20)30-2)22(27)25-9-11-26(12-10-25)23(28)19-14-18(19)15-3-6-17(24)7-4-15/h3-8,13,18-19H,9-12,14H2,1-2H3. The topological polar surface area (TPSA) is 59.1 Å². The number of nitrogens with zero attached hydrogens (tertiary/aromatic N) is 2. The second-order valence-electron chi connectivity index (χ2n) is 7.69. The normalized spacial score (nSPS) is 20.6. The van der Waals surface area contributed by atoms with E-state index in [1.165, 1.54) is 19.2 Å². The van der Waals surface area contributed by atoms with Crippen molar-refractivity contribution in [3.8, 4) is 11.5 Å². The minimum absolute atomic E-state index is 0.0384. The van der Waals surface area contributed by atoms with Gasteiger partial charge in [0, 0.05) is 37.7 Å². The van der Waals surface area contributed by atoms with Gasteiger partial charge in [-0.05, 0) is 48.2 Å². The van der Waals surface area contributed by atoms with E-state index < -0.39 is 0 Å². The van der Waals surface area contributed by atoms with Crippen LogP contribution in [0.25, 0.3) is 0 Å². The molecule has 7 heteroatoms. The fourth-order valence-electron chi connectivity index (χ4n) is 4.06. The van der Waals surface area contributed by atoms with Crippen LogP contribution in [-0.2, 0) is 4.79 Å². The lowest BCUT2D eigenvalue weighted by atomic mass is 10.1. The number of benzene rings is 2. The molecule has 158 valence electrons. The molecule has 0 N–H and O–H groups in total. The minimum Gasteiger partial charge on any atom is -0.493 e. The van der Waals surface area contributed by atoms with Crippen molar-refractivity contribution in [3.05, 3.63) is 59.4 Å². The van der Waals surface area contributed by atoms with E-state index in [2.05, 4.69) is 0 Å². The van der Waals surface area contributed by atoms with E-state index in [1.54, 1.807) is 42.3 Å². The molecule has 2 fully saturated rings.